The van der Waals surface area contributed by atoms with Gasteiger partial charge in [-0.3, -0.25) is 0 Å². The Bertz CT molecular complexity index is 333. The van der Waals surface area contributed by atoms with E-state index >= 15 is 0 Å². The molecule has 1 aromatic heterocycles. The molecule has 0 aliphatic carbocycles. The SMILES string of the molecule is COCCOCCCNc1nnc(C)c(C)n1. The molecule has 0 radical (unpaired) electrons. The van der Waals surface area contributed by atoms with Crippen molar-refractivity contribution in [1.82, 2.24) is 15.2 Å². The lowest BCUT2D eigenvalue weighted by Gasteiger charge is -2.06. The van der Waals surface area contributed by atoms with Crippen LogP contribution in [0.15, 0.2) is 0 Å². The fraction of sp³-hybridized carbons (Fsp3) is 0.727. The fourth-order valence-electron chi connectivity index (χ4n) is 1.15. The maximum absolute atomic E-state index is 5.33. The van der Waals surface area contributed by atoms with Crippen LogP contribution in [0.5, 0.6) is 0 Å². The summed E-state index contributed by atoms with van der Waals surface area (Å²) < 4.78 is 10.2. The molecule has 96 valence electrons. The molecule has 0 bridgehead atoms. The second-order valence-corrected chi connectivity index (χ2v) is 3.69. The summed E-state index contributed by atoms with van der Waals surface area (Å²) in [4.78, 5) is 4.27. The highest BCUT2D eigenvalue weighted by atomic mass is 16.5. The van der Waals surface area contributed by atoms with E-state index in [0.29, 0.717) is 25.8 Å². The van der Waals surface area contributed by atoms with Gasteiger partial charge >= 0.3 is 0 Å². The minimum Gasteiger partial charge on any atom is -0.382 e. The van der Waals surface area contributed by atoms with E-state index in [1.165, 1.54) is 0 Å². The summed E-state index contributed by atoms with van der Waals surface area (Å²) in [7, 11) is 1.66. The van der Waals surface area contributed by atoms with Gasteiger partial charge in [-0.25, -0.2) is 4.98 Å². The van der Waals surface area contributed by atoms with Crippen LogP contribution in [0, 0.1) is 13.8 Å². The molecule has 1 heterocycles. The molecule has 17 heavy (non-hydrogen) atoms. The number of aromatic nitrogens is 3. The monoisotopic (exact) mass is 240 g/mol. The van der Waals surface area contributed by atoms with Crippen molar-refractivity contribution in [2.45, 2.75) is 20.3 Å². The van der Waals surface area contributed by atoms with Gasteiger partial charge in [0.15, 0.2) is 0 Å². The number of aryl methyl sites for hydroxylation is 2. The van der Waals surface area contributed by atoms with E-state index in [2.05, 4.69) is 20.5 Å². The predicted molar refractivity (Wildman–Crippen MR) is 65.1 cm³/mol. The zero-order valence-electron chi connectivity index (χ0n) is 10.7. The van der Waals surface area contributed by atoms with Crippen molar-refractivity contribution < 1.29 is 9.47 Å². The number of nitrogens with one attached hydrogen (secondary N) is 1. The zero-order chi connectivity index (χ0) is 12.5. The summed E-state index contributed by atoms with van der Waals surface area (Å²) in [5.74, 6) is 0.574. The molecule has 6 nitrogen and oxygen atoms in total. The topological polar surface area (TPSA) is 69.2 Å². The van der Waals surface area contributed by atoms with Gasteiger partial charge in [-0.2, -0.15) is 5.10 Å². The van der Waals surface area contributed by atoms with Crippen LogP contribution in [0.3, 0.4) is 0 Å². The summed E-state index contributed by atoms with van der Waals surface area (Å²) >= 11 is 0. The normalized spacial score (nSPS) is 10.5. The molecule has 0 spiro atoms. The first-order valence-corrected chi connectivity index (χ1v) is 5.72. The van der Waals surface area contributed by atoms with E-state index in [4.69, 9.17) is 9.47 Å². The van der Waals surface area contributed by atoms with Gasteiger partial charge in [0, 0.05) is 20.3 Å². The molecule has 0 saturated carbocycles. The Labute approximate surface area is 102 Å². The van der Waals surface area contributed by atoms with E-state index in [0.717, 1.165) is 24.4 Å². The molecule has 1 aromatic rings. The van der Waals surface area contributed by atoms with E-state index in [-0.39, 0.29) is 0 Å². The summed E-state index contributed by atoms with van der Waals surface area (Å²) in [6.07, 6.45) is 0.903. The van der Waals surface area contributed by atoms with Gasteiger partial charge < -0.3 is 14.8 Å². The Kier molecular flexibility index (Phi) is 6.42. The molecule has 1 rings (SSSR count). The third-order valence-corrected chi connectivity index (χ3v) is 2.27. The van der Waals surface area contributed by atoms with Crippen LogP contribution < -0.4 is 5.32 Å². The first kappa shape index (κ1) is 13.8. The average molecular weight is 240 g/mol. The minimum atomic E-state index is 0.574. The van der Waals surface area contributed by atoms with Crippen molar-refractivity contribution in [3.63, 3.8) is 0 Å². The molecule has 0 aliphatic heterocycles. The van der Waals surface area contributed by atoms with Crippen LogP contribution in [0.1, 0.15) is 17.8 Å². The minimum absolute atomic E-state index is 0.574. The largest absolute Gasteiger partial charge is 0.382 e. The van der Waals surface area contributed by atoms with Crippen molar-refractivity contribution in [2.24, 2.45) is 0 Å². The standard InChI is InChI=1S/C11H20N4O2/c1-9-10(2)14-15-11(13-9)12-5-4-6-17-8-7-16-3/h4-8H2,1-3H3,(H,12,13,15). The van der Waals surface area contributed by atoms with Gasteiger partial charge in [0.05, 0.1) is 24.6 Å². The molecule has 1 N–H and O–H groups in total. The Balaban J connectivity index is 2.11. The Morgan fingerprint density at radius 2 is 1.88 bits per heavy atom. The molecular weight excluding hydrogens is 220 g/mol. The summed E-state index contributed by atoms with van der Waals surface area (Å²) in [5.41, 5.74) is 1.76. The first-order valence-electron chi connectivity index (χ1n) is 5.72. The van der Waals surface area contributed by atoms with E-state index < -0.39 is 0 Å². The predicted octanol–water partition coefficient (Wildman–Crippen LogP) is 0.953. The Hall–Kier alpha value is -1.27. The third kappa shape index (κ3) is 5.55. The van der Waals surface area contributed by atoms with E-state index in [9.17, 15) is 0 Å². The molecule has 0 amide bonds. The zero-order valence-corrected chi connectivity index (χ0v) is 10.7. The Morgan fingerprint density at radius 1 is 1.06 bits per heavy atom. The van der Waals surface area contributed by atoms with Gasteiger partial charge in [0.25, 0.3) is 0 Å². The number of nitrogens with zero attached hydrogens (tertiary/aromatic N) is 3. The van der Waals surface area contributed by atoms with Crippen molar-refractivity contribution in [3.8, 4) is 0 Å². The summed E-state index contributed by atoms with van der Waals surface area (Å²) in [6.45, 7) is 6.56. The lowest BCUT2D eigenvalue weighted by Crippen LogP contribution is -2.11. The smallest absolute Gasteiger partial charge is 0.242 e. The third-order valence-electron chi connectivity index (χ3n) is 2.27. The number of anilines is 1. The molecule has 6 heteroatoms. The molecule has 0 aromatic carbocycles. The molecule has 0 saturated heterocycles. The fourth-order valence-corrected chi connectivity index (χ4v) is 1.15. The van der Waals surface area contributed by atoms with Crippen molar-refractivity contribution in [2.75, 3.05) is 38.8 Å². The second-order valence-electron chi connectivity index (χ2n) is 3.69. The van der Waals surface area contributed by atoms with Crippen LogP contribution in [0.4, 0.5) is 5.95 Å². The second kappa shape index (κ2) is 7.92. The van der Waals surface area contributed by atoms with Gasteiger partial charge in [-0.15, -0.1) is 5.10 Å². The first-order chi connectivity index (χ1) is 8.24. The van der Waals surface area contributed by atoms with Gasteiger partial charge in [0.2, 0.25) is 5.95 Å². The quantitative estimate of drug-likeness (QED) is 0.682. The van der Waals surface area contributed by atoms with E-state index in [1.54, 1.807) is 7.11 Å². The number of rotatable bonds is 8. The average Bonchev–Trinajstić information content (AvgIpc) is 2.32. The van der Waals surface area contributed by atoms with Gasteiger partial charge in [0.1, 0.15) is 0 Å². The van der Waals surface area contributed by atoms with Crippen LogP contribution in [0.2, 0.25) is 0 Å². The summed E-state index contributed by atoms with van der Waals surface area (Å²) in [5, 5.41) is 11.1. The molecule has 0 atom stereocenters. The van der Waals surface area contributed by atoms with Crippen LogP contribution >= 0.6 is 0 Å². The molecular formula is C11H20N4O2. The highest BCUT2D eigenvalue weighted by Crippen LogP contribution is 2.01. The molecule has 0 unspecified atom stereocenters. The van der Waals surface area contributed by atoms with Crippen molar-refractivity contribution in [3.05, 3.63) is 11.4 Å². The van der Waals surface area contributed by atoms with Gasteiger partial charge in [-0.05, 0) is 20.3 Å². The van der Waals surface area contributed by atoms with Crippen LogP contribution in [0.25, 0.3) is 0 Å². The lowest BCUT2D eigenvalue weighted by molar-refractivity contribution is 0.0705. The number of hydrogen-bond donors (Lipinski definition) is 1. The highest BCUT2D eigenvalue weighted by Gasteiger charge is 1.99. The van der Waals surface area contributed by atoms with E-state index in [1.807, 2.05) is 13.8 Å². The van der Waals surface area contributed by atoms with Gasteiger partial charge in [-0.1, -0.05) is 0 Å². The highest BCUT2D eigenvalue weighted by molar-refractivity contribution is 5.24. The van der Waals surface area contributed by atoms with Crippen molar-refractivity contribution >= 4 is 5.95 Å². The van der Waals surface area contributed by atoms with Crippen LogP contribution in [-0.4, -0.2) is 48.7 Å². The molecule has 0 fully saturated rings. The number of methoxy groups -OCH3 is 1. The number of ether oxygens (including phenoxy) is 2. The van der Waals surface area contributed by atoms with Crippen LogP contribution in [-0.2, 0) is 9.47 Å². The maximum atomic E-state index is 5.33. The van der Waals surface area contributed by atoms with Crippen molar-refractivity contribution in [1.29, 1.82) is 0 Å². The lowest BCUT2D eigenvalue weighted by atomic mass is 10.4. The molecule has 0 aliphatic rings. The summed E-state index contributed by atoms with van der Waals surface area (Å²) in [6, 6.07) is 0. The number of hydrogen-bond acceptors (Lipinski definition) is 6. The maximum Gasteiger partial charge on any atom is 0.242 e. The Morgan fingerprint density at radius 3 is 2.59 bits per heavy atom.